The maximum atomic E-state index is 4.77. The Morgan fingerprint density at radius 3 is 2.63 bits per heavy atom. The molecule has 27 heavy (non-hydrogen) atoms. The minimum atomic E-state index is 0.811. The second-order valence-electron chi connectivity index (χ2n) is 8.09. The number of aryl methyl sites for hydroxylation is 2. The number of piperidine rings is 1. The molecule has 0 N–H and O–H groups in total. The number of hydrogen-bond acceptors (Lipinski definition) is 5. The van der Waals surface area contributed by atoms with Gasteiger partial charge in [-0.3, -0.25) is 9.88 Å². The summed E-state index contributed by atoms with van der Waals surface area (Å²) in [5, 5.41) is 0. The molecule has 1 unspecified atom stereocenters. The third kappa shape index (κ3) is 4.29. The molecule has 0 bridgehead atoms. The highest BCUT2D eigenvalue weighted by atomic mass is 15.2. The van der Waals surface area contributed by atoms with Crippen LogP contribution in [0.15, 0.2) is 30.7 Å². The van der Waals surface area contributed by atoms with Gasteiger partial charge in [0, 0.05) is 43.8 Å². The lowest BCUT2D eigenvalue weighted by molar-refractivity contribution is 0.147. The third-order valence-corrected chi connectivity index (χ3v) is 6.30. The summed E-state index contributed by atoms with van der Waals surface area (Å²) in [6.07, 6.45) is 10.8. The van der Waals surface area contributed by atoms with Crippen LogP contribution in [-0.2, 0) is 13.0 Å². The van der Waals surface area contributed by atoms with E-state index in [-0.39, 0.29) is 0 Å². The first kappa shape index (κ1) is 18.4. The van der Waals surface area contributed by atoms with Gasteiger partial charge in [0.05, 0.1) is 0 Å². The number of hydrogen-bond donors (Lipinski definition) is 0. The summed E-state index contributed by atoms with van der Waals surface area (Å²) in [6, 6.07) is 4.22. The lowest BCUT2D eigenvalue weighted by Crippen LogP contribution is -2.36. The summed E-state index contributed by atoms with van der Waals surface area (Å²) in [7, 11) is 0. The lowest BCUT2D eigenvalue weighted by atomic mass is 9.83. The van der Waals surface area contributed by atoms with Crippen molar-refractivity contribution in [3.05, 3.63) is 47.7 Å². The van der Waals surface area contributed by atoms with Gasteiger partial charge in [-0.1, -0.05) is 13.0 Å². The van der Waals surface area contributed by atoms with Gasteiger partial charge in [0.25, 0.3) is 0 Å². The Morgan fingerprint density at radius 2 is 1.89 bits per heavy atom. The molecule has 2 aliphatic heterocycles. The average Bonchev–Trinajstić information content (AvgIpc) is 3.19. The molecule has 0 saturated carbocycles. The van der Waals surface area contributed by atoms with Gasteiger partial charge in [0.15, 0.2) is 0 Å². The molecule has 0 radical (unpaired) electrons. The number of rotatable bonds is 5. The maximum Gasteiger partial charge on any atom is 0.135 e. The van der Waals surface area contributed by atoms with Crippen LogP contribution in [0, 0.1) is 18.8 Å². The first-order valence-electron chi connectivity index (χ1n) is 10.4. The van der Waals surface area contributed by atoms with Crippen LogP contribution < -0.4 is 4.90 Å². The molecule has 4 heterocycles. The molecule has 2 aromatic heterocycles. The Morgan fingerprint density at radius 1 is 1.07 bits per heavy atom. The maximum absolute atomic E-state index is 4.77. The van der Waals surface area contributed by atoms with E-state index in [1.165, 1.54) is 49.3 Å². The van der Waals surface area contributed by atoms with Gasteiger partial charge < -0.3 is 4.90 Å². The first-order chi connectivity index (χ1) is 13.2. The minimum absolute atomic E-state index is 0.811. The highest BCUT2D eigenvalue weighted by Crippen LogP contribution is 2.34. The van der Waals surface area contributed by atoms with Gasteiger partial charge in [-0.25, -0.2) is 9.97 Å². The third-order valence-electron chi connectivity index (χ3n) is 6.30. The average molecular weight is 366 g/mol. The lowest BCUT2D eigenvalue weighted by Gasteiger charge is -2.35. The van der Waals surface area contributed by atoms with Crippen molar-refractivity contribution < 1.29 is 0 Å². The van der Waals surface area contributed by atoms with Gasteiger partial charge in [-0.15, -0.1) is 0 Å². The summed E-state index contributed by atoms with van der Waals surface area (Å²) >= 11 is 0. The molecule has 5 heteroatoms. The van der Waals surface area contributed by atoms with Gasteiger partial charge in [-0.2, -0.15) is 0 Å². The summed E-state index contributed by atoms with van der Waals surface area (Å²) < 4.78 is 0. The number of nitrogens with zero attached hydrogens (tertiary/aromatic N) is 5. The molecule has 0 amide bonds. The molecule has 2 aromatic rings. The standard InChI is InChI=1S/C22H31N5/c1-3-19-14-24-17(2)25-22(19)27-12-8-21(16-27)20-6-10-26(11-7-20)15-18-5-4-9-23-13-18/h4-5,9,13-14,20-21H,3,6-8,10-12,15-16H2,1-2H3. The Hall–Kier alpha value is -2.01. The number of likely N-dealkylation sites (tertiary alicyclic amines) is 1. The number of pyridine rings is 1. The highest BCUT2D eigenvalue weighted by Gasteiger charge is 2.33. The predicted molar refractivity (Wildman–Crippen MR) is 109 cm³/mol. The van der Waals surface area contributed by atoms with E-state index in [0.29, 0.717) is 0 Å². The molecule has 144 valence electrons. The minimum Gasteiger partial charge on any atom is -0.356 e. The monoisotopic (exact) mass is 365 g/mol. The molecule has 5 nitrogen and oxygen atoms in total. The van der Waals surface area contributed by atoms with Crippen molar-refractivity contribution >= 4 is 5.82 Å². The van der Waals surface area contributed by atoms with Crippen molar-refractivity contribution in [3.63, 3.8) is 0 Å². The van der Waals surface area contributed by atoms with E-state index in [2.05, 4.69) is 32.8 Å². The fourth-order valence-electron chi connectivity index (χ4n) is 4.70. The summed E-state index contributed by atoms with van der Waals surface area (Å²) in [5.41, 5.74) is 2.61. The number of anilines is 1. The van der Waals surface area contributed by atoms with Crippen LogP contribution in [0.1, 0.15) is 43.1 Å². The quantitative estimate of drug-likeness (QED) is 0.812. The Balaban J connectivity index is 1.32. The van der Waals surface area contributed by atoms with Crippen LogP contribution in [-0.4, -0.2) is 46.0 Å². The molecule has 4 rings (SSSR count). The van der Waals surface area contributed by atoms with Crippen molar-refractivity contribution in [1.29, 1.82) is 0 Å². The van der Waals surface area contributed by atoms with Gasteiger partial charge >= 0.3 is 0 Å². The molecule has 0 spiro atoms. The van der Waals surface area contributed by atoms with E-state index in [0.717, 1.165) is 43.7 Å². The van der Waals surface area contributed by atoms with Crippen LogP contribution in [0.2, 0.25) is 0 Å². The van der Waals surface area contributed by atoms with Crippen molar-refractivity contribution in [1.82, 2.24) is 19.9 Å². The normalized spacial score (nSPS) is 21.7. The predicted octanol–water partition coefficient (Wildman–Crippen LogP) is 3.48. The van der Waals surface area contributed by atoms with Crippen molar-refractivity contribution in [2.75, 3.05) is 31.1 Å². The zero-order valence-corrected chi connectivity index (χ0v) is 16.6. The van der Waals surface area contributed by atoms with Gasteiger partial charge in [0.2, 0.25) is 0 Å². The van der Waals surface area contributed by atoms with Crippen molar-refractivity contribution in [2.45, 2.75) is 46.1 Å². The molecular formula is C22H31N5. The van der Waals surface area contributed by atoms with Crippen LogP contribution in [0.5, 0.6) is 0 Å². The SMILES string of the molecule is CCc1cnc(C)nc1N1CCC(C2CCN(Cc3cccnc3)CC2)C1. The fourth-order valence-corrected chi connectivity index (χ4v) is 4.70. The summed E-state index contributed by atoms with van der Waals surface area (Å²) in [6.45, 7) is 9.96. The van der Waals surface area contributed by atoms with Gasteiger partial charge in [-0.05, 0) is 69.2 Å². The second-order valence-corrected chi connectivity index (χ2v) is 8.09. The zero-order chi connectivity index (χ0) is 18.6. The fraction of sp³-hybridized carbons (Fsp3) is 0.591. The van der Waals surface area contributed by atoms with E-state index in [4.69, 9.17) is 4.98 Å². The second kappa shape index (κ2) is 8.34. The Labute approximate surface area is 162 Å². The zero-order valence-electron chi connectivity index (χ0n) is 16.6. The molecule has 0 aliphatic carbocycles. The van der Waals surface area contributed by atoms with Crippen LogP contribution in [0.4, 0.5) is 5.82 Å². The van der Waals surface area contributed by atoms with Gasteiger partial charge in [0.1, 0.15) is 11.6 Å². The molecule has 0 aromatic carbocycles. The van der Waals surface area contributed by atoms with Crippen LogP contribution >= 0.6 is 0 Å². The number of aromatic nitrogens is 3. The van der Waals surface area contributed by atoms with E-state index in [9.17, 15) is 0 Å². The topological polar surface area (TPSA) is 45.2 Å². The first-order valence-corrected chi connectivity index (χ1v) is 10.4. The van der Waals surface area contributed by atoms with E-state index >= 15 is 0 Å². The van der Waals surface area contributed by atoms with Crippen molar-refractivity contribution in [2.24, 2.45) is 11.8 Å². The van der Waals surface area contributed by atoms with E-state index in [1.54, 1.807) is 0 Å². The van der Waals surface area contributed by atoms with Crippen LogP contribution in [0.25, 0.3) is 0 Å². The molecule has 1 atom stereocenters. The summed E-state index contributed by atoms with van der Waals surface area (Å²) in [4.78, 5) is 18.5. The Bertz CT molecular complexity index is 740. The molecule has 2 saturated heterocycles. The highest BCUT2D eigenvalue weighted by molar-refractivity contribution is 5.47. The largest absolute Gasteiger partial charge is 0.356 e. The molecule has 2 aliphatic rings. The molecular weight excluding hydrogens is 334 g/mol. The summed E-state index contributed by atoms with van der Waals surface area (Å²) in [5.74, 6) is 3.73. The Kier molecular flexibility index (Phi) is 5.67. The van der Waals surface area contributed by atoms with E-state index in [1.807, 2.05) is 31.6 Å². The molecule has 2 fully saturated rings. The van der Waals surface area contributed by atoms with Crippen molar-refractivity contribution in [3.8, 4) is 0 Å². The van der Waals surface area contributed by atoms with Crippen LogP contribution in [0.3, 0.4) is 0 Å². The van der Waals surface area contributed by atoms with E-state index < -0.39 is 0 Å². The smallest absolute Gasteiger partial charge is 0.135 e.